The molecule has 2 aliphatic heterocycles. The minimum absolute atomic E-state index is 0. The lowest BCUT2D eigenvalue weighted by molar-refractivity contribution is 0.0951. The summed E-state index contributed by atoms with van der Waals surface area (Å²) >= 11 is 18.0. The minimum atomic E-state index is -0.339. The number of nitrogens with one attached hydrogen (secondary N) is 3. The first-order chi connectivity index (χ1) is 37.3. The number of thiazole rings is 2. The highest BCUT2D eigenvalue weighted by Crippen LogP contribution is 2.46. The summed E-state index contributed by atoms with van der Waals surface area (Å²) in [4.78, 5) is 65.7. The third kappa shape index (κ3) is 23.8. The average Bonchev–Trinajstić information content (AvgIpc) is 4.48. The van der Waals surface area contributed by atoms with Gasteiger partial charge in [-0.1, -0.05) is 102 Å². The van der Waals surface area contributed by atoms with Gasteiger partial charge in [0.05, 0.1) is 44.4 Å². The number of aryl methyl sites for hydroxylation is 5. The molecular formula is C63H76ClI3N8O5S3. The van der Waals surface area contributed by atoms with Gasteiger partial charge in [0.25, 0.3) is 23.6 Å². The van der Waals surface area contributed by atoms with Crippen molar-refractivity contribution < 1.29 is 24.3 Å². The van der Waals surface area contributed by atoms with Crippen LogP contribution in [0.5, 0.6) is 5.75 Å². The van der Waals surface area contributed by atoms with E-state index in [2.05, 4.69) is 122 Å². The van der Waals surface area contributed by atoms with E-state index in [-0.39, 0.29) is 78.4 Å². The van der Waals surface area contributed by atoms with Crippen LogP contribution in [0.15, 0.2) is 131 Å². The van der Waals surface area contributed by atoms with Crippen molar-refractivity contribution in [2.75, 3.05) is 42.7 Å². The fraction of sp³-hybridized carbons (Fsp3) is 0.270. The van der Waals surface area contributed by atoms with Crippen LogP contribution in [-0.4, -0.2) is 81.2 Å². The molecule has 4 N–H and O–H groups in total. The first-order valence-electron chi connectivity index (χ1n) is 23.9. The van der Waals surface area contributed by atoms with Crippen molar-refractivity contribution in [1.82, 2.24) is 25.6 Å². The van der Waals surface area contributed by atoms with Crippen LogP contribution < -0.4 is 20.9 Å². The third-order valence-corrected chi connectivity index (χ3v) is 16.6. The smallest absolute Gasteiger partial charge is 0.259 e. The number of carbonyl (C=O) groups excluding carboxylic acids is 4. The summed E-state index contributed by atoms with van der Waals surface area (Å²) in [7, 11) is 1.62. The normalized spacial score (nSPS) is 11.8. The number of amides is 4. The molecule has 0 saturated carbocycles. The van der Waals surface area contributed by atoms with Crippen LogP contribution in [0.2, 0.25) is 0 Å². The summed E-state index contributed by atoms with van der Waals surface area (Å²) in [6.45, 7) is 13.6. The zero-order chi connectivity index (χ0) is 56.9. The number of pyridine rings is 1. The van der Waals surface area contributed by atoms with E-state index in [4.69, 9.17) is 18.0 Å². The Morgan fingerprint density at radius 2 is 1.31 bits per heavy atom. The predicted octanol–water partition coefficient (Wildman–Crippen LogP) is 17.2. The number of alkyl halides is 1. The van der Waals surface area contributed by atoms with E-state index < -0.39 is 0 Å². The average molecular weight is 1540 g/mol. The van der Waals surface area contributed by atoms with Crippen molar-refractivity contribution in [3.05, 3.63) is 192 Å². The van der Waals surface area contributed by atoms with Gasteiger partial charge in [0, 0.05) is 88.0 Å². The second-order valence-electron chi connectivity index (χ2n) is 16.9. The lowest BCUT2D eigenvalue weighted by Crippen LogP contribution is -2.30. The number of hydrogen-bond acceptors (Lipinski definition) is 12. The highest BCUT2D eigenvalue weighted by atomic mass is 127. The molecule has 4 amide bonds. The molecule has 10 rings (SSSR count). The summed E-state index contributed by atoms with van der Waals surface area (Å²) in [5.41, 5.74) is 9.01. The minimum Gasteiger partial charge on any atom is -0.506 e. The Balaban J connectivity index is 0.00000102. The second kappa shape index (κ2) is 39.2. The van der Waals surface area contributed by atoms with Crippen molar-refractivity contribution in [3.8, 4) is 18.1 Å². The molecule has 5 heterocycles. The van der Waals surface area contributed by atoms with Gasteiger partial charge in [-0.15, -0.1) is 52.5 Å². The summed E-state index contributed by atoms with van der Waals surface area (Å²) in [5.74, 6) is 3.25. The quantitative estimate of drug-likeness (QED) is 0.0716. The van der Waals surface area contributed by atoms with Crippen molar-refractivity contribution in [2.45, 2.75) is 84.1 Å². The maximum absolute atomic E-state index is 13.1. The van der Waals surface area contributed by atoms with E-state index in [9.17, 15) is 24.3 Å². The van der Waals surface area contributed by atoms with Crippen LogP contribution in [0.4, 0.5) is 10.8 Å². The number of terminal acetylenes is 1. The largest absolute Gasteiger partial charge is 0.506 e. The lowest BCUT2D eigenvalue weighted by atomic mass is 10.0. The number of fused-ring (bicyclic) bond motifs is 3. The molecule has 0 spiro atoms. The Kier molecular flexibility index (Phi) is 36.6. The molecule has 1 atom stereocenters. The molecule has 3 aromatic heterocycles. The Labute approximate surface area is 550 Å². The summed E-state index contributed by atoms with van der Waals surface area (Å²) in [6.07, 6.45) is 8.35. The SMILES string of the molecule is C.C.C.C.C.C#CCNC(=O)c1cc(C)ccc1I.CC1=NCCS1.CNC(=O)c1ccccc1.Cc1ccc(I)c(C(=O)N2CC(Cl)c3c2cc(O)c2ncccc32)c1.Cc1ccc(I)c(C(=O)Nc2nccs2)c1.Cc1csc(C)n1. The van der Waals surface area contributed by atoms with E-state index in [0.717, 1.165) is 55.6 Å². The fourth-order valence-corrected chi connectivity index (χ4v) is 11.1. The van der Waals surface area contributed by atoms with Gasteiger partial charge in [0.2, 0.25) is 0 Å². The summed E-state index contributed by atoms with van der Waals surface area (Å²) < 4.78 is 2.76. The molecule has 0 saturated heterocycles. The summed E-state index contributed by atoms with van der Waals surface area (Å²) in [5, 5.41) is 25.6. The number of aliphatic imine (C=N–C) groups is 1. The van der Waals surface area contributed by atoms with Gasteiger partial charge in [-0.2, -0.15) is 0 Å². The first-order valence-corrected chi connectivity index (χ1v) is 30.3. The molecule has 20 heteroatoms. The van der Waals surface area contributed by atoms with E-state index in [1.165, 1.54) is 22.1 Å². The number of carbonyl (C=O) groups is 4. The molecule has 8 aromatic rings. The Hall–Kier alpha value is -5.49. The molecule has 1 unspecified atom stereocenters. The number of rotatable bonds is 6. The molecule has 0 fully saturated rings. The zero-order valence-electron chi connectivity index (χ0n) is 43.7. The van der Waals surface area contributed by atoms with E-state index >= 15 is 0 Å². The molecular weight excluding hydrogens is 1460 g/mol. The van der Waals surface area contributed by atoms with Crippen LogP contribution in [0.1, 0.15) is 124 Å². The van der Waals surface area contributed by atoms with Gasteiger partial charge in [0.15, 0.2) is 5.13 Å². The number of phenolic OH excluding ortho intramolecular Hbond substituents is 1. The summed E-state index contributed by atoms with van der Waals surface area (Å²) in [6, 6.07) is 31.7. The molecule has 0 aliphatic carbocycles. The number of nitrogens with zero attached hydrogens (tertiary/aromatic N) is 5. The van der Waals surface area contributed by atoms with Gasteiger partial charge in [-0.3, -0.25) is 34.5 Å². The van der Waals surface area contributed by atoms with Gasteiger partial charge < -0.3 is 20.6 Å². The number of anilines is 2. The number of halogens is 4. The number of aromatic hydroxyl groups is 1. The molecule has 5 aromatic carbocycles. The highest BCUT2D eigenvalue weighted by molar-refractivity contribution is 14.1. The van der Waals surface area contributed by atoms with Crippen LogP contribution in [-0.2, 0) is 0 Å². The topological polar surface area (TPSA) is 179 Å². The molecule has 13 nitrogen and oxygen atoms in total. The standard InChI is InChI=1S/C19H14ClIN2O2.C11H9IN2OS.C11H10INO.C8H9NO.C5H7NS.C4H7NS.5CH4/c1-10-4-5-14(21)12(7-10)19(25)23-9-13(20)17-11-3-2-6-22-18(11)16(24)8-15(17)23;1-7-2-3-9(12)8(6-7)10(15)14-11-13-4-5-16-11;1-3-6-13-11(14)9-7-8(2)4-5-10(9)12;1-9-8(10)7-5-3-2-4-6-7;1-4-3-7-5(2)6-4;1-4-5-2-3-6-4;;;;;/h2-8,13,24H,9H2,1H3;2-6H,1H3,(H,13,14,15);1,4-5,7H,6H2,2H3,(H,13,14);2-6H,1H3,(H,9,10);3H,1-2H3;2-3H2,1H3;5*1H4. The van der Waals surface area contributed by atoms with Crippen molar-refractivity contribution >= 4 is 164 Å². The number of thioether (sulfide) groups is 1. The Bertz CT molecular complexity index is 3420. The third-order valence-electron chi connectivity index (χ3n) is 10.9. The fourth-order valence-electron chi connectivity index (χ4n) is 7.23. The van der Waals surface area contributed by atoms with Gasteiger partial charge in [0.1, 0.15) is 11.3 Å². The van der Waals surface area contributed by atoms with E-state index in [0.29, 0.717) is 45.1 Å². The number of benzene rings is 5. The zero-order valence-corrected chi connectivity index (χ0v) is 53.3. The van der Waals surface area contributed by atoms with Crippen LogP contribution >= 0.6 is 114 Å². The highest BCUT2D eigenvalue weighted by Gasteiger charge is 2.35. The van der Waals surface area contributed by atoms with Crippen LogP contribution in [0.25, 0.3) is 10.9 Å². The Morgan fingerprint density at radius 3 is 1.78 bits per heavy atom. The maximum atomic E-state index is 13.1. The van der Waals surface area contributed by atoms with Gasteiger partial charge in [-0.05, 0) is 164 Å². The van der Waals surface area contributed by atoms with Crippen molar-refractivity contribution in [2.24, 2.45) is 4.99 Å². The monoisotopic (exact) mass is 1540 g/mol. The first kappa shape index (κ1) is 77.5. The van der Waals surface area contributed by atoms with E-state index in [1.54, 1.807) is 59.9 Å². The number of aromatic nitrogens is 3. The maximum Gasteiger partial charge on any atom is 0.259 e. The Morgan fingerprint density at radius 1 is 0.735 bits per heavy atom. The van der Waals surface area contributed by atoms with Crippen LogP contribution in [0, 0.1) is 57.7 Å². The van der Waals surface area contributed by atoms with Gasteiger partial charge >= 0.3 is 0 Å². The molecule has 0 radical (unpaired) electrons. The molecule has 83 heavy (non-hydrogen) atoms. The van der Waals surface area contributed by atoms with Gasteiger partial charge in [-0.25, -0.2) is 9.97 Å². The number of phenols is 1. The van der Waals surface area contributed by atoms with Crippen LogP contribution in [0.3, 0.4) is 0 Å². The van der Waals surface area contributed by atoms with Crippen molar-refractivity contribution in [3.63, 3.8) is 0 Å². The lowest BCUT2D eigenvalue weighted by Gasteiger charge is -2.19. The van der Waals surface area contributed by atoms with E-state index in [1.807, 2.05) is 131 Å². The molecule has 444 valence electrons. The molecule has 0 bridgehead atoms. The number of hydrogen-bond donors (Lipinski definition) is 4. The molecule has 2 aliphatic rings. The van der Waals surface area contributed by atoms with Crippen molar-refractivity contribution in [1.29, 1.82) is 0 Å². The predicted molar refractivity (Wildman–Crippen MR) is 382 cm³/mol. The second-order valence-corrected chi connectivity index (χ2v) is 24.2.